The highest BCUT2D eigenvalue weighted by atomic mass is 16.3. The number of hydrogen-bond donors (Lipinski definition) is 2. The Kier molecular flexibility index (Phi) is 4.20. The van der Waals surface area contributed by atoms with Crippen LogP contribution in [0.5, 0.6) is 0 Å². The molecule has 1 rings (SSSR count). The zero-order valence-electron chi connectivity index (χ0n) is 9.09. The monoisotopic (exact) mass is 185 g/mol. The summed E-state index contributed by atoms with van der Waals surface area (Å²) in [6.45, 7) is 7.20. The van der Waals surface area contributed by atoms with Gasteiger partial charge in [0.2, 0.25) is 0 Å². The van der Waals surface area contributed by atoms with Crippen LogP contribution in [-0.2, 0) is 0 Å². The van der Waals surface area contributed by atoms with Gasteiger partial charge in [0.15, 0.2) is 0 Å². The fourth-order valence-corrected chi connectivity index (χ4v) is 2.39. The fraction of sp³-hybridized carbons (Fsp3) is 1.00. The van der Waals surface area contributed by atoms with Crippen molar-refractivity contribution in [3.05, 3.63) is 0 Å². The zero-order valence-corrected chi connectivity index (χ0v) is 9.09. The van der Waals surface area contributed by atoms with Gasteiger partial charge in [-0.3, -0.25) is 0 Å². The number of aliphatic hydroxyl groups excluding tert-OH is 1. The molecule has 1 aliphatic carbocycles. The number of rotatable bonds is 3. The number of nitrogens with one attached hydrogen (secondary N) is 1. The molecule has 3 atom stereocenters. The highest BCUT2D eigenvalue weighted by Crippen LogP contribution is 2.28. The van der Waals surface area contributed by atoms with E-state index >= 15 is 0 Å². The molecule has 1 aliphatic rings. The van der Waals surface area contributed by atoms with Crippen LogP contribution in [-0.4, -0.2) is 23.8 Å². The third-order valence-corrected chi connectivity index (χ3v) is 3.19. The Morgan fingerprint density at radius 2 is 1.85 bits per heavy atom. The second kappa shape index (κ2) is 4.97. The van der Waals surface area contributed by atoms with Gasteiger partial charge < -0.3 is 10.4 Å². The van der Waals surface area contributed by atoms with Crippen LogP contribution in [0.3, 0.4) is 0 Å². The van der Waals surface area contributed by atoms with E-state index < -0.39 is 0 Å². The largest absolute Gasteiger partial charge is 0.392 e. The average Bonchev–Trinajstić information content (AvgIpc) is 2.03. The third kappa shape index (κ3) is 3.28. The minimum Gasteiger partial charge on any atom is -0.392 e. The van der Waals surface area contributed by atoms with Crippen molar-refractivity contribution in [3.63, 3.8) is 0 Å². The summed E-state index contributed by atoms with van der Waals surface area (Å²) in [5.74, 6) is 1.53. The quantitative estimate of drug-likeness (QED) is 0.702. The van der Waals surface area contributed by atoms with Crippen molar-refractivity contribution in [2.24, 2.45) is 11.8 Å². The van der Waals surface area contributed by atoms with E-state index in [0.29, 0.717) is 6.04 Å². The van der Waals surface area contributed by atoms with Crippen LogP contribution in [0.2, 0.25) is 0 Å². The van der Waals surface area contributed by atoms with Gasteiger partial charge >= 0.3 is 0 Å². The normalized spacial score (nSPS) is 37.4. The lowest BCUT2D eigenvalue weighted by atomic mass is 9.79. The first-order valence-corrected chi connectivity index (χ1v) is 5.52. The van der Waals surface area contributed by atoms with Crippen LogP contribution >= 0.6 is 0 Å². The fourth-order valence-electron chi connectivity index (χ4n) is 2.39. The molecule has 0 aromatic rings. The summed E-state index contributed by atoms with van der Waals surface area (Å²) < 4.78 is 0. The SMILES string of the molecule is CC1CCCC(C)C1NC[C@H](C)O. The first kappa shape index (κ1) is 11.0. The standard InChI is InChI=1S/C11H23NO/c1-8-5-4-6-9(2)11(8)12-7-10(3)13/h8-13H,4-7H2,1-3H3/t8?,9?,10-,11?/m0/s1. The van der Waals surface area contributed by atoms with Crippen molar-refractivity contribution in [2.45, 2.75) is 52.2 Å². The highest BCUT2D eigenvalue weighted by molar-refractivity contribution is 4.83. The van der Waals surface area contributed by atoms with Gasteiger partial charge in [-0.2, -0.15) is 0 Å². The van der Waals surface area contributed by atoms with Crippen LogP contribution in [0, 0.1) is 11.8 Å². The molecule has 2 heteroatoms. The molecule has 0 aromatic heterocycles. The van der Waals surface area contributed by atoms with Gasteiger partial charge in [0, 0.05) is 12.6 Å². The van der Waals surface area contributed by atoms with Gasteiger partial charge in [0.1, 0.15) is 0 Å². The van der Waals surface area contributed by atoms with Crippen molar-refractivity contribution >= 4 is 0 Å². The van der Waals surface area contributed by atoms with Gasteiger partial charge in [-0.25, -0.2) is 0 Å². The summed E-state index contributed by atoms with van der Waals surface area (Å²) in [5, 5.41) is 12.7. The zero-order chi connectivity index (χ0) is 9.84. The number of hydrogen-bond acceptors (Lipinski definition) is 2. The molecular formula is C11H23NO. The topological polar surface area (TPSA) is 32.3 Å². The Bertz CT molecular complexity index is 137. The molecule has 13 heavy (non-hydrogen) atoms. The molecule has 1 saturated carbocycles. The minimum absolute atomic E-state index is 0.221. The summed E-state index contributed by atoms with van der Waals surface area (Å²) in [5.41, 5.74) is 0. The number of aliphatic hydroxyl groups is 1. The molecule has 2 unspecified atom stereocenters. The second-order valence-electron chi connectivity index (χ2n) is 4.67. The van der Waals surface area contributed by atoms with Crippen LogP contribution in [0.25, 0.3) is 0 Å². The Labute approximate surface area is 81.7 Å². The molecule has 0 aliphatic heterocycles. The summed E-state index contributed by atoms with van der Waals surface area (Å²) in [6, 6.07) is 0.614. The minimum atomic E-state index is -0.221. The van der Waals surface area contributed by atoms with Crippen LogP contribution in [0.1, 0.15) is 40.0 Å². The van der Waals surface area contributed by atoms with Gasteiger partial charge in [0.25, 0.3) is 0 Å². The van der Waals surface area contributed by atoms with Gasteiger partial charge in [-0.05, 0) is 31.6 Å². The first-order chi connectivity index (χ1) is 6.11. The predicted octanol–water partition coefficient (Wildman–Crippen LogP) is 1.78. The Hall–Kier alpha value is -0.0800. The van der Waals surface area contributed by atoms with E-state index in [9.17, 15) is 5.11 Å². The Balaban J connectivity index is 2.35. The van der Waals surface area contributed by atoms with Gasteiger partial charge in [-0.1, -0.05) is 20.3 Å². The van der Waals surface area contributed by atoms with E-state index in [0.717, 1.165) is 18.4 Å². The average molecular weight is 185 g/mol. The van der Waals surface area contributed by atoms with Crippen LogP contribution in [0.4, 0.5) is 0 Å². The lowest BCUT2D eigenvalue weighted by Crippen LogP contribution is -2.45. The van der Waals surface area contributed by atoms with E-state index in [4.69, 9.17) is 0 Å². The van der Waals surface area contributed by atoms with Gasteiger partial charge in [-0.15, -0.1) is 0 Å². The van der Waals surface area contributed by atoms with Crippen molar-refractivity contribution in [1.29, 1.82) is 0 Å². The van der Waals surface area contributed by atoms with E-state index in [1.807, 2.05) is 6.92 Å². The molecule has 0 aromatic carbocycles. The van der Waals surface area contributed by atoms with E-state index in [1.54, 1.807) is 0 Å². The molecule has 0 amide bonds. The summed E-state index contributed by atoms with van der Waals surface area (Å²) >= 11 is 0. The third-order valence-electron chi connectivity index (χ3n) is 3.19. The second-order valence-corrected chi connectivity index (χ2v) is 4.67. The maximum absolute atomic E-state index is 9.19. The van der Waals surface area contributed by atoms with Crippen molar-refractivity contribution in [3.8, 4) is 0 Å². The Morgan fingerprint density at radius 3 is 2.31 bits per heavy atom. The molecule has 0 saturated heterocycles. The maximum atomic E-state index is 9.19. The molecule has 0 spiro atoms. The summed E-state index contributed by atoms with van der Waals surface area (Å²) in [4.78, 5) is 0. The first-order valence-electron chi connectivity index (χ1n) is 5.52. The van der Waals surface area contributed by atoms with Crippen molar-refractivity contribution in [2.75, 3.05) is 6.54 Å². The van der Waals surface area contributed by atoms with E-state index in [-0.39, 0.29) is 6.10 Å². The molecule has 2 nitrogen and oxygen atoms in total. The molecular weight excluding hydrogens is 162 g/mol. The molecule has 78 valence electrons. The smallest absolute Gasteiger partial charge is 0.0636 e. The lowest BCUT2D eigenvalue weighted by Gasteiger charge is -2.35. The maximum Gasteiger partial charge on any atom is 0.0636 e. The summed E-state index contributed by atoms with van der Waals surface area (Å²) in [6.07, 6.45) is 3.82. The lowest BCUT2D eigenvalue weighted by molar-refractivity contribution is 0.153. The molecule has 0 radical (unpaired) electrons. The van der Waals surface area contributed by atoms with E-state index in [2.05, 4.69) is 19.2 Å². The predicted molar refractivity (Wildman–Crippen MR) is 55.7 cm³/mol. The van der Waals surface area contributed by atoms with E-state index in [1.165, 1.54) is 19.3 Å². The van der Waals surface area contributed by atoms with Crippen molar-refractivity contribution in [1.82, 2.24) is 5.32 Å². The van der Waals surface area contributed by atoms with Crippen LogP contribution < -0.4 is 5.32 Å². The van der Waals surface area contributed by atoms with Gasteiger partial charge in [0.05, 0.1) is 6.10 Å². The molecule has 2 N–H and O–H groups in total. The molecule has 1 fully saturated rings. The van der Waals surface area contributed by atoms with Crippen molar-refractivity contribution < 1.29 is 5.11 Å². The van der Waals surface area contributed by atoms with Crippen LogP contribution in [0.15, 0.2) is 0 Å². The molecule has 0 bridgehead atoms. The Morgan fingerprint density at radius 1 is 1.31 bits per heavy atom. The molecule has 0 heterocycles. The summed E-state index contributed by atoms with van der Waals surface area (Å²) in [7, 11) is 0. The highest BCUT2D eigenvalue weighted by Gasteiger charge is 2.26.